The fraction of sp³-hybridized carbons (Fsp3) is 0.333. The first-order chi connectivity index (χ1) is 5.49. The van der Waals surface area contributed by atoms with Crippen molar-refractivity contribution in [2.24, 2.45) is 0 Å². The van der Waals surface area contributed by atoms with Crippen molar-refractivity contribution in [3.63, 3.8) is 0 Å². The highest BCUT2D eigenvalue weighted by Gasteiger charge is 1.94. The predicted octanol–water partition coefficient (Wildman–Crippen LogP) is 4.03. The molecule has 0 saturated carbocycles. The molecule has 0 nitrogen and oxygen atoms in total. The highest BCUT2D eigenvalue weighted by Crippen LogP contribution is 2.14. The molecule has 0 rings (SSSR count). The minimum absolute atomic E-state index is 1.10. The van der Waals surface area contributed by atoms with E-state index in [1.807, 2.05) is 20.8 Å². The summed E-state index contributed by atoms with van der Waals surface area (Å²) in [4.78, 5) is 0. The van der Waals surface area contributed by atoms with E-state index in [1.54, 1.807) is 0 Å². The maximum absolute atomic E-state index is 3.90. The third-order valence-corrected chi connectivity index (χ3v) is 1.85. The summed E-state index contributed by atoms with van der Waals surface area (Å²) in [5.74, 6) is 0. The van der Waals surface area contributed by atoms with Crippen molar-refractivity contribution in [1.29, 1.82) is 0 Å². The van der Waals surface area contributed by atoms with Gasteiger partial charge in [-0.3, -0.25) is 0 Å². The zero-order valence-corrected chi connectivity index (χ0v) is 8.57. The van der Waals surface area contributed by atoms with E-state index >= 15 is 0 Å². The Balaban J connectivity index is 4.72. The van der Waals surface area contributed by atoms with E-state index in [0.717, 1.165) is 11.1 Å². The SMILES string of the molecule is C=C(C)/C(C)=C/C(=C\C)C(=C)C. The van der Waals surface area contributed by atoms with Crippen molar-refractivity contribution in [2.75, 3.05) is 0 Å². The van der Waals surface area contributed by atoms with Crippen molar-refractivity contribution >= 4 is 0 Å². The van der Waals surface area contributed by atoms with Gasteiger partial charge in [-0.2, -0.15) is 0 Å². The smallest absolute Gasteiger partial charge is 0.0273 e. The summed E-state index contributed by atoms with van der Waals surface area (Å²) >= 11 is 0. The quantitative estimate of drug-likeness (QED) is 0.549. The monoisotopic (exact) mass is 162 g/mol. The number of allylic oxidation sites excluding steroid dienone is 6. The van der Waals surface area contributed by atoms with E-state index in [1.165, 1.54) is 11.1 Å². The second kappa shape index (κ2) is 4.76. The lowest BCUT2D eigenvalue weighted by molar-refractivity contribution is 1.32. The Kier molecular flexibility index (Phi) is 4.35. The van der Waals surface area contributed by atoms with Crippen molar-refractivity contribution < 1.29 is 0 Å². The summed E-state index contributed by atoms with van der Waals surface area (Å²) < 4.78 is 0. The number of rotatable bonds is 3. The van der Waals surface area contributed by atoms with Gasteiger partial charge in [0.2, 0.25) is 0 Å². The van der Waals surface area contributed by atoms with Gasteiger partial charge in [0.25, 0.3) is 0 Å². The van der Waals surface area contributed by atoms with Crippen LogP contribution in [0.25, 0.3) is 0 Å². The van der Waals surface area contributed by atoms with Gasteiger partial charge >= 0.3 is 0 Å². The summed E-state index contributed by atoms with van der Waals surface area (Å²) in [6, 6.07) is 0. The van der Waals surface area contributed by atoms with Gasteiger partial charge in [-0.1, -0.05) is 36.5 Å². The van der Waals surface area contributed by atoms with Gasteiger partial charge in [-0.05, 0) is 38.8 Å². The van der Waals surface area contributed by atoms with Gasteiger partial charge in [-0.25, -0.2) is 0 Å². The maximum atomic E-state index is 3.90. The first kappa shape index (κ1) is 11.0. The van der Waals surface area contributed by atoms with Crippen LogP contribution in [0.2, 0.25) is 0 Å². The maximum Gasteiger partial charge on any atom is -0.0273 e. The molecule has 0 unspecified atom stereocenters. The molecule has 0 atom stereocenters. The molecule has 0 saturated heterocycles. The van der Waals surface area contributed by atoms with Crippen LogP contribution in [0.5, 0.6) is 0 Å². The molecule has 0 aliphatic rings. The zero-order chi connectivity index (χ0) is 9.72. The average molecular weight is 162 g/mol. The number of hydrogen-bond acceptors (Lipinski definition) is 0. The third kappa shape index (κ3) is 3.38. The Morgan fingerprint density at radius 2 is 1.50 bits per heavy atom. The summed E-state index contributed by atoms with van der Waals surface area (Å²) in [5.41, 5.74) is 4.61. The molecule has 0 aromatic carbocycles. The standard InChI is InChI=1S/C12H18/c1-7-12(10(4)5)8-11(6)9(2)3/h7-8H,2,4H2,1,3,5-6H3/b11-8+,12-7+. The molecule has 0 aromatic rings. The predicted molar refractivity (Wildman–Crippen MR) is 57.1 cm³/mol. The van der Waals surface area contributed by atoms with Crippen LogP contribution in [-0.2, 0) is 0 Å². The molecule has 0 aliphatic heterocycles. The molecule has 12 heavy (non-hydrogen) atoms. The van der Waals surface area contributed by atoms with Gasteiger partial charge in [0.05, 0.1) is 0 Å². The van der Waals surface area contributed by atoms with Gasteiger partial charge in [0, 0.05) is 0 Å². The Labute approximate surface area is 76.0 Å². The molecule has 0 fully saturated rings. The van der Waals surface area contributed by atoms with E-state index < -0.39 is 0 Å². The Morgan fingerprint density at radius 3 is 1.75 bits per heavy atom. The third-order valence-electron chi connectivity index (χ3n) is 1.85. The van der Waals surface area contributed by atoms with Crippen molar-refractivity contribution in [2.45, 2.75) is 27.7 Å². The minimum atomic E-state index is 1.10. The van der Waals surface area contributed by atoms with Crippen molar-refractivity contribution in [3.8, 4) is 0 Å². The Bertz CT molecular complexity index is 249. The van der Waals surface area contributed by atoms with E-state index in [0.29, 0.717) is 0 Å². The normalized spacial score (nSPS) is 13.0. The summed E-state index contributed by atoms with van der Waals surface area (Å²) in [6.07, 6.45) is 4.18. The van der Waals surface area contributed by atoms with Crippen LogP contribution in [0.3, 0.4) is 0 Å². The van der Waals surface area contributed by atoms with E-state index in [4.69, 9.17) is 0 Å². The second-order valence-electron chi connectivity index (χ2n) is 3.13. The summed E-state index contributed by atoms with van der Waals surface area (Å²) in [7, 11) is 0. The molecule has 66 valence electrons. The van der Waals surface area contributed by atoms with Crippen LogP contribution in [0.4, 0.5) is 0 Å². The molecular formula is C12H18. The van der Waals surface area contributed by atoms with Crippen LogP contribution < -0.4 is 0 Å². The molecule has 0 aromatic heterocycles. The first-order valence-electron chi connectivity index (χ1n) is 4.15. The summed E-state index contributed by atoms with van der Waals surface area (Å²) in [6.45, 7) is 15.9. The second-order valence-corrected chi connectivity index (χ2v) is 3.13. The van der Waals surface area contributed by atoms with Crippen molar-refractivity contribution in [3.05, 3.63) is 47.6 Å². The molecule has 0 amide bonds. The van der Waals surface area contributed by atoms with Gasteiger partial charge in [0.1, 0.15) is 0 Å². The van der Waals surface area contributed by atoms with Gasteiger partial charge in [-0.15, -0.1) is 0 Å². The first-order valence-corrected chi connectivity index (χ1v) is 4.15. The molecule has 0 heterocycles. The van der Waals surface area contributed by atoms with E-state index in [9.17, 15) is 0 Å². The molecular weight excluding hydrogens is 144 g/mol. The summed E-state index contributed by atoms with van der Waals surface area (Å²) in [5, 5.41) is 0. The lowest BCUT2D eigenvalue weighted by atomic mass is 10.0. The van der Waals surface area contributed by atoms with Crippen LogP contribution in [0, 0.1) is 0 Å². The van der Waals surface area contributed by atoms with E-state index in [-0.39, 0.29) is 0 Å². The lowest BCUT2D eigenvalue weighted by Gasteiger charge is -2.03. The fourth-order valence-corrected chi connectivity index (χ4v) is 0.809. The Hall–Kier alpha value is -1.04. The van der Waals surface area contributed by atoms with Crippen LogP contribution in [0.15, 0.2) is 47.6 Å². The molecule has 0 N–H and O–H groups in total. The highest BCUT2D eigenvalue weighted by atomic mass is 14.0. The zero-order valence-electron chi connectivity index (χ0n) is 8.57. The van der Waals surface area contributed by atoms with Crippen molar-refractivity contribution in [1.82, 2.24) is 0 Å². The topological polar surface area (TPSA) is 0 Å². The molecule has 0 spiro atoms. The van der Waals surface area contributed by atoms with Gasteiger partial charge in [0.15, 0.2) is 0 Å². The molecule has 0 radical (unpaired) electrons. The Morgan fingerprint density at radius 1 is 1.00 bits per heavy atom. The molecule has 0 bridgehead atoms. The van der Waals surface area contributed by atoms with E-state index in [2.05, 4.69) is 32.2 Å². The largest absolute Gasteiger partial charge is 0.0958 e. The number of hydrogen-bond donors (Lipinski definition) is 0. The minimum Gasteiger partial charge on any atom is -0.0958 e. The molecule has 0 aliphatic carbocycles. The fourth-order valence-electron chi connectivity index (χ4n) is 0.809. The van der Waals surface area contributed by atoms with Crippen LogP contribution in [-0.4, -0.2) is 0 Å². The highest BCUT2D eigenvalue weighted by molar-refractivity contribution is 5.42. The van der Waals surface area contributed by atoms with Crippen LogP contribution >= 0.6 is 0 Å². The van der Waals surface area contributed by atoms with Crippen LogP contribution in [0.1, 0.15) is 27.7 Å². The average Bonchev–Trinajstić information content (AvgIpc) is 1.98. The molecule has 0 heteroatoms. The lowest BCUT2D eigenvalue weighted by Crippen LogP contribution is -1.82. The van der Waals surface area contributed by atoms with Gasteiger partial charge < -0.3 is 0 Å².